The summed E-state index contributed by atoms with van der Waals surface area (Å²) in [7, 11) is 0. The van der Waals surface area contributed by atoms with Crippen LogP contribution in [0.5, 0.6) is 0 Å². The molecule has 366 valence electrons. The standard InChI is InChI=1S/C64H33F6N7/c1-73-45-24-26-46(44(30-45)37-72)41-22-27-59-50(31-41)51-32-42(47-25-21-38(36-71)29-58(47)74-2)23-28-60(51)77(59)61-52(48-17-9-11-19-54(48)63(65,66)67)33-43(34-53(61)49-18-10-12-20-55(49)64(68,69)70)62-75-56(39-13-5-3-6-14-39)35-57(76-62)40-15-7-4-8-16-40/h3-35H. The average Bonchev–Trinajstić information content (AvgIpc) is 4.07. The number of fused-ring (bicyclic) bond motifs is 3. The maximum atomic E-state index is 15.6. The molecular weight excluding hydrogens is 981 g/mol. The fraction of sp³-hybridized carbons (Fsp3) is 0.0312. The highest BCUT2D eigenvalue weighted by Gasteiger charge is 2.37. The fourth-order valence-electron chi connectivity index (χ4n) is 9.92. The van der Waals surface area contributed by atoms with E-state index in [9.17, 15) is 10.5 Å². The van der Waals surface area contributed by atoms with Gasteiger partial charge in [0, 0.05) is 49.7 Å². The Bertz CT molecular complexity index is 4090. The second kappa shape index (κ2) is 19.3. The summed E-state index contributed by atoms with van der Waals surface area (Å²) in [6, 6.07) is 56.9. The molecule has 11 rings (SSSR count). The Balaban J connectivity index is 1.32. The molecule has 0 amide bonds. The highest BCUT2D eigenvalue weighted by atomic mass is 19.4. The molecule has 0 bridgehead atoms. The van der Waals surface area contributed by atoms with Crippen molar-refractivity contribution in [2.24, 2.45) is 0 Å². The molecule has 9 aromatic carbocycles. The van der Waals surface area contributed by atoms with Crippen molar-refractivity contribution in [1.29, 1.82) is 10.5 Å². The van der Waals surface area contributed by atoms with E-state index in [4.69, 9.17) is 23.1 Å². The Hall–Kier alpha value is -10.6. The van der Waals surface area contributed by atoms with Crippen LogP contribution in [0.4, 0.5) is 37.7 Å². The zero-order chi connectivity index (χ0) is 53.6. The number of rotatable bonds is 8. The lowest BCUT2D eigenvalue weighted by molar-refractivity contribution is -0.137. The second-order valence-electron chi connectivity index (χ2n) is 17.9. The molecule has 0 saturated heterocycles. The lowest BCUT2D eigenvalue weighted by Crippen LogP contribution is -2.11. The number of alkyl halides is 6. The highest BCUT2D eigenvalue weighted by molar-refractivity contribution is 6.13. The molecule has 0 aliphatic heterocycles. The first kappa shape index (κ1) is 48.7. The molecule has 0 aliphatic carbocycles. The van der Waals surface area contributed by atoms with Crippen molar-refractivity contribution >= 4 is 33.2 Å². The first-order valence-electron chi connectivity index (χ1n) is 23.7. The van der Waals surface area contributed by atoms with E-state index < -0.39 is 23.5 Å². The van der Waals surface area contributed by atoms with Crippen molar-refractivity contribution in [2.75, 3.05) is 0 Å². The SMILES string of the molecule is [C-]#[N+]c1ccc(-c2ccc3c(c2)c2cc(-c4ccc(C#N)cc4[N+]#[C-])ccc2n3-c2c(-c3ccccc3C(F)(F)F)cc(-c3nc(-c4ccccc4)cc(-c4ccccc4)n3)cc2-c2ccccc2C(F)(F)F)c(C#N)c1. The summed E-state index contributed by atoms with van der Waals surface area (Å²) in [5, 5.41) is 21.0. The third-order valence-electron chi connectivity index (χ3n) is 13.4. The van der Waals surface area contributed by atoms with Crippen molar-refractivity contribution in [2.45, 2.75) is 12.4 Å². The molecule has 13 heteroatoms. The van der Waals surface area contributed by atoms with Crippen molar-refractivity contribution in [1.82, 2.24) is 14.5 Å². The van der Waals surface area contributed by atoms with Gasteiger partial charge >= 0.3 is 12.4 Å². The number of aromatic nitrogens is 3. The fourth-order valence-corrected chi connectivity index (χ4v) is 9.92. The average molecular weight is 1010 g/mol. The summed E-state index contributed by atoms with van der Waals surface area (Å²) in [4.78, 5) is 17.2. The van der Waals surface area contributed by atoms with Crippen LogP contribution in [-0.2, 0) is 12.4 Å². The summed E-state index contributed by atoms with van der Waals surface area (Å²) in [5.74, 6) is 0.0281. The number of nitrogens with zero attached hydrogens (tertiary/aromatic N) is 7. The molecule has 0 radical (unpaired) electrons. The number of nitriles is 2. The maximum absolute atomic E-state index is 15.6. The molecule has 2 aromatic heterocycles. The quantitative estimate of drug-likeness (QED) is 0.112. The van der Waals surface area contributed by atoms with E-state index in [0.29, 0.717) is 66.6 Å². The first-order valence-corrected chi connectivity index (χ1v) is 23.7. The Morgan fingerprint density at radius 1 is 0.429 bits per heavy atom. The maximum Gasteiger partial charge on any atom is 0.417 e. The number of halogens is 6. The lowest BCUT2D eigenvalue weighted by atomic mass is 9.88. The van der Waals surface area contributed by atoms with Crippen molar-refractivity contribution in [3.8, 4) is 96.2 Å². The Morgan fingerprint density at radius 2 is 0.935 bits per heavy atom. The number of benzene rings is 9. The monoisotopic (exact) mass is 1010 g/mol. The van der Waals surface area contributed by atoms with Gasteiger partial charge in [0.2, 0.25) is 0 Å². The molecule has 2 heterocycles. The van der Waals surface area contributed by atoms with Crippen LogP contribution in [0.3, 0.4) is 0 Å². The summed E-state index contributed by atoms with van der Waals surface area (Å²) in [6.45, 7) is 15.6. The Kier molecular flexibility index (Phi) is 12.2. The lowest BCUT2D eigenvalue weighted by Gasteiger charge is -2.24. The van der Waals surface area contributed by atoms with Crippen molar-refractivity contribution in [3.63, 3.8) is 0 Å². The zero-order valence-corrected chi connectivity index (χ0v) is 40.0. The van der Waals surface area contributed by atoms with E-state index in [1.54, 1.807) is 71.3 Å². The van der Waals surface area contributed by atoms with Crippen LogP contribution in [0.15, 0.2) is 200 Å². The predicted molar refractivity (Wildman–Crippen MR) is 286 cm³/mol. The third kappa shape index (κ3) is 8.95. The molecule has 0 N–H and O–H groups in total. The highest BCUT2D eigenvalue weighted by Crippen LogP contribution is 2.50. The normalized spacial score (nSPS) is 11.5. The molecule has 0 spiro atoms. The van der Waals surface area contributed by atoms with Gasteiger partial charge in [-0.05, 0) is 106 Å². The largest absolute Gasteiger partial charge is 0.417 e. The second-order valence-corrected chi connectivity index (χ2v) is 17.9. The van der Waals surface area contributed by atoms with E-state index in [0.717, 1.165) is 12.1 Å². The van der Waals surface area contributed by atoms with E-state index in [-0.39, 0.29) is 61.8 Å². The number of hydrogen-bond acceptors (Lipinski definition) is 4. The van der Waals surface area contributed by atoms with Crippen LogP contribution in [0.2, 0.25) is 0 Å². The summed E-state index contributed by atoms with van der Waals surface area (Å²) >= 11 is 0. The van der Waals surface area contributed by atoms with Gasteiger partial charge in [0.25, 0.3) is 0 Å². The molecular formula is C64H33F6N7. The van der Waals surface area contributed by atoms with Gasteiger partial charge in [-0.15, -0.1) is 0 Å². The van der Waals surface area contributed by atoms with Crippen LogP contribution < -0.4 is 0 Å². The van der Waals surface area contributed by atoms with Gasteiger partial charge in [0.1, 0.15) is 0 Å². The molecule has 0 saturated carbocycles. The van der Waals surface area contributed by atoms with Gasteiger partial charge in [-0.25, -0.2) is 19.7 Å². The van der Waals surface area contributed by atoms with Crippen LogP contribution >= 0.6 is 0 Å². The molecule has 0 atom stereocenters. The van der Waals surface area contributed by atoms with Gasteiger partial charge < -0.3 is 4.57 Å². The van der Waals surface area contributed by atoms with E-state index in [1.165, 1.54) is 60.7 Å². The Morgan fingerprint density at radius 3 is 1.43 bits per heavy atom. The number of hydrogen-bond donors (Lipinski definition) is 0. The summed E-state index contributed by atoms with van der Waals surface area (Å²) in [5.41, 5.74) is 2.95. The first-order chi connectivity index (χ1) is 37.3. The summed E-state index contributed by atoms with van der Waals surface area (Å²) < 4.78 is 95.5. The molecule has 77 heavy (non-hydrogen) atoms. The minimum Gasteiger partial charge on any atom is -0.308 e. The minimum atomic E-state index is -4.95. The molecule has 0 aliphatic rings. The van der Waals surface area contributed by atoms with Gasteiger partial charge in [-0.1, -0.05) is 127 Å². The molecule has 0 unspecified atom stereocenters. The van der Waals surface area contributed by atoms with Crippen LogP contribution in [0, 0.1) is 35.8 Å². The van der Waals surface area contributed by atoms with Gasteiger partial charge in [-0.2, -0.15) is 36.9 Å². The summed E-state index contributed by atoms with van der Waals surface area (Å²) in [6.07, 6.45) is -9.91. The van der Waals surface area contributed by atoms with E-state index in [2.05, 4.69) is 21.8 Å². The van der Waals surface area contributed by atoms with Gasteiger partial charge in [-0.3, -0.25) is 0 Å². The topological polar surface area (TPSA) is 87.0 Å². The molecule has 0 fully saturated rings. The van der Waals surface area contributed by atoms with E-state index >= 15 is 26.3 Å². The van der Waals surface area contributed by atoms with Crippen molar-refractivity contribution in [3.05, 3.63) is 245 Å². The van der Waals surface area contributed by atoms with Crippen molar-refractivity contribution < 1.29 is 26.3 Å². The third-order valence-corrected chi connectivity index (χ3v) is 13.4. The van der Waals surface area contributed by atoms with Gasteiger partial charge in [0.15, 0.2) is 17.2 Å². The van der Waals surface area contributed by atoms with Crippen LogP contribution in [0.25, 0.3) is 116 Å². The van der Waals surface area contributed by atoms with E-state index in [1.807, 2.05) is 60.7 Å². The van der Waals surface area contributed by atoms with Crippen LogP contribution in [-0.4, -0.2) is 14.5 Å². The Labute approximate surface area is 436 Å². The predicted octanol–water partition coefficient (Wildman–Crippen LogP) is 18.1. The van der Waals surface area contributed by atoms with Crippen LogP contribution in [0.1, 0.15) is 22.3 Å². The van der Waals surface area contributed by atoms with Gasteiger partial charge in [0.05, 0.1) is 64.5 Å². The zero-order valence-electron chi connectivity index (χ0n) is 40.0. The smallest absolute Gasteiger partial charge is 0.308 e. The molecule has 7 nitrogen and oxygen atoms in total. The molecule has 11 aromatic rings. The minimum absolute atomic E-state index is 0.0281.